The van der Waals surface area contributed by atoms with Crippen LogP contribution in [0.2, 0.25) is 0 Å². The molecule has 68 valence electrons. The Morgan fingerprint density at radius 3 is 2.77 bits per heavy atom. The summed E-state index contributed by atoms with van der Waals surface area (Å²) in [7, 11) is 0. The maximum Gasteiger partial charge on any atom is 0.148 e. The third-order valence-electron chi connectivity index (χ3n) is 2.26. The molecule has 0 aromatic carbocycles. The Kier molecular flexibility index (Phi) is 2.36. The van der Waals surface area contributed by atoms with Crippen molar-refractivity contribution in [2.24, 2.45) is 0 Å². The van der Waals surface area contributed by atoms with Crippen LogP contribution in [0.1, 0.15) is 12.0 Å². The van der Waals surface area contributed by atoms with Crippen LogP contribution < -0.4 is 0 Å². The molecule has 2 rings (SSSR count). The van der Waals surface area contributed by atoms with Crippen LogP contribution in [-0.2, 0) is 11.3 Å². The predicted octanol–water partition coefficient (Wildman–Crippen LogP) is 0.856. The van der Waals surface area contributed by atoms with Crippen molar-refractivity contribution < 1.29 is 4.79 Å². The summed E-state index contributed by atoms with van der Waals surface area (Å²) in [6.45, 7) is 2.39. The highest BCUT2D eigenvalue weighted by Gasteiger charge is 2.18. The van der Waals surface area contributed by atoms with Gasteiger partial charge in [0.15, 0.2) is 0 Å². The van der Waals surface area contributed by atoms with Crippen molar-refractivity contribution in [2.75, 3.05) is 13.1 Å². The smallest absolute Gasteiger partial charge is 0.148 e. The Morgan fingerprint density at radius 2 is 2.15 bits per heavy atom. The highest BCUT2D eigenvalue weighted by Crippen LogP contribution is 2.09. The molecule has 0 amide bonds. The largest absolute Gasteiger partial charge is 0.298 e. The molecule has 0 radical (unpaired) electrons. The molecule has 0 spiro atoms. The zero-order valence-electron chi connectivity index (χ0n) is 7.44. The Morgan fingerprint density at radius 1 is 1.38 bits per heavy atom. The van der Waals surface area contributed by atoms with E-state index in [1.165, 1.54) is 5.56 Å². The summed E-state index contributed by atoms with van der Waals surface area (Å²) < 4.78 is 0. The second kappa shape index (κ2) is 3.66. The molecule has 2 heterocycles. The van der Waals surface area contributed by atoms with Crippen LogP contribution in [0.25, 0.3) is 0 Å². The summed E-state index contributed by atoms with van der Waals surface area (Å²) in [5.74, 6) is 0.356. The minimum absolute atomic E-state index is 0.356. The van der Waals surface area contributed by atoms with Gasteiger partial charge in [-0.3, -0.25) is 14.7 Å². The Labute approximate surface area is 77.4 Å². The topological polar surface area (TPSA) is 33.2 Å². The Balaban J connectivity index is 1.96. The van der Waals surface area contributed by atoms with Gasteiger partial charge in [0, 0.05) is 31.9 Å². The third-order valence-corrected chi connectivity index (χ3v) is 2.26. The lowest BCUT2D eigenvalue weighted by Gasteiger charge is -2.12. The van der Waals surface area contributed by atoms with Crippen molar-refractivity contribution in [1.82, 2.24) is 9.88 Å². The molecule has 1 aliphatic heterocycles. The molecule has 0 N–H and O–H groups in total. The quantitative estimate of drug-likeness (QED) is 0.670. The van der Waals surface area contributed by atoms with Gasteiger partial charge in [0.2, 0.25) is 0 Å². The van der Waals surface area contributed by atoms with Crippen LogP contribution in [0.5, 0.6) is 0 Å². The van der Waals surface area contributed by atoms with Gasteiger partial charge in [0.1, 0.15) is 5.78 Å². The number of ketones is 1. The van der Waals surface area contributed by atoms with Gasteiger partial charge in [-0.25, -0.2) is 0 Å². The predicted molar refractivity (Wildman–Crippen MR) is 49.1 cm³/mol. The van der Waals surface area contributed by atoms with Crippen molar-refractivity contribution in [3.8, 4) is 0 Å². The van der Waals surface area contributed by atoms with Crippen LogP contribution in [0, 0.1) is 0 Å². The van der Waals surface area contributed by atoms with Crippen molar-refractivity contribution >= 4 is 5.78 Å². The molecule has 3 nitrogen and oxygen atoms in total. The fourth-order valence-corrected chi connectivity index (χ4v) is 1.57. The molecule has 1 aliphatic rings. The van der Waals surface area contributed by atoms with E-state index in [-0.39, 0.29) is 0 Å². The standard InChI is InChI=1S/C10H12N2O/c13-10-3-6-12(8-10)7-9-1-4-11-5-2-9/h1-2,4-5H,3,6-8H2. The molecule has 0 bridgehead atoms. The maximum atomic E-state index is 11.0. The molecule has 0 atom stereocenters. The number of hydrogen-bond acceptors (Lipinski definition) is 3. The van der Waals surface area contributed by atoms with Gasteiger partial charge >= 0.3 is 0 Å². The Bertz CT molecular complexity index is 297. The number of likely N-dealkylation sites (tertiary alicyclic amines) is 1. The van der Waals surface area contributed by atoms with E-state index in [1.807, 2.05) is 12.1 Å². The number of carbonyl (C=O) groups excluding carboxylic acids is 1. The van der Waals surface area contributed by atoms with Crippen LogP contribution in [0.4, 0.5) is 0 Å². The number of rotatable bonds is 2. The minimum Gasteiger partial charge on any atom is -0.298 e. The SMILES string of the molecule is O=C1CCN(Cc2ccncc2)C1. The van der Waals surface area contributed by atoms with E-state index in [9.17, 15) is 4.79 Å². The molecule has 1 fully saturated rings. The summed E-state index contributed by atoms with van der Waals surface area (Å²) in [6, 6.07) is 3.98. The van der Waals surface area contributed by atoms with Crippen LogP contribution in [-0.4, -0.2) is 28.8 Å². The van der Waals surface area contributed by atoms with E-state index in [1.54, 1.807) is 12.4 Å². The van der Waals surface area contributed by atoms with Gasteiger partial charge in [0.25, 0.3) is 0 Å². The zero-order valence-corrected chi connectivity index (χ0v) is 7.44. The first-order valence-corrected chi connectivity index (χ1v) is 4.47. The summed E-state index contributed by atoms with van der Waals surface area (Å²) >= 11 is 0. The first-order chi connectivity index (χ1) is 6.34. The molecule has 1 aromatic heterocycles. The second-order valence-corrected chi connectivity index (χ2v) is 3.35. The minimum atomic E-state index is 0.356. The first kappa shape index (κ1) is 8.38. The molecule has 0 saturated carbocycles. The van der Waals surface area contributed by atoms with Crippen molar-refractivity contribution in [3.05, 3.63) is 30.1 Å². The molecule has 3 heteroatoms. The number of pyridine rings is 1. The number of hydrogen-bond donors (Lipinski definition) is 0. The average molecular weight is 176 g/mol. The molecule has 13 heavy (non-hydrogen) atoms. The van der Waals surface area contributed by atoms with E-state index in [2.05, 4.69) is 9.88 Å². The van der Waals surface area contributed by atoms with Crippen molar-refractivity contribution in [2.45, 2.75) is 13.0 Å². The van der Waals surface area contributed by atoms with Gasteiger partial charge in [-0.2, -0.15) is 0 Å². The van der Waals surface area contributed by atoms with E-state index in [0.29, 0.717) is 18.7 Å². The first-order valence-electron chi connectivity index (χ1n) is 4.47. The summed E-state index contributed by atoms with van der Waals surface area (Å²) in [6.07, 6.45) is 4.28. The molecular formula is C10H12N2O. The van der Waals surface area contributed by atoms with E-state index < -0.39 is 0 Å². The summed E-state index contributed by atoms with van der Waals surface area (Å²) in [5.41, 5.74) is 1.23. The maximum absolute atomic E-state index is 11.0. The lowest BCUT2D eigenvalue weighted by atomic mass is 10.2. The lowest BCUT2D eigenvalue weighted by Crippen LogP contribution is -2.19. The molecule has 1 saturated heterocycles. The van der Waals surface area contributed by atoms with Crippen molar-refractivity contribution in [1.29, 1.82) is 0 Å². The highest BCUT2D eigenvalue weighted by atomic mass is 16.1. The Hall–Kier alpha value is -1.22. The fraction of sp³-hybridized carbons (Fsp3) is 0.400. The van der Waals surface area contributed by atoms with Gasteiger partial charge in [-0.1, -0.05) is 0 Å². The van der Waals surface area contributed by atoms with Crippen molar-refractivity contribution in [3.63, 3.8) is 0 Å². The number of aromatic nitrogens is 1. The zero-order chi connectivity index (χ0) is 9.10. The van der Waals surface area contributed by atoms with E-state index >= 15 is 0 Å². The number of carbonyl (C=O) groups is 1. The van der Waals surface area contributed by atoms with Gasteiger partial charge in [-0.05, 0) is 17.7 Å². The normalized spacial score (nSPS) is 18.0. The van der Waals surface area contributed by atoms with Crippen LogP contribution in [0.3, 0.4) is 0 Å². The van der Waals surface area contributed by atoms with Gasteiger partial charge in [-0.15, -0.1) is 0 Å². The van der Waals surface area contributed by atoms with E-state index in [4.69, 9.17) is 0 Å². The summed E-state index contributed by atoms with van der Waals surface area (Å²) in [5, 5.41) is 0. The van der Waals surface area contributed by atoms with Gasteiger partial charge in [0.05, 0.1) is 6.54 Å². The van der Waals surface area contributed by atoms with Crippen LogP contribution in [0.15, 0.2) is 24.5 Å². The van der Waals surface area contributed by atoms with Crippen LogP contribution >= 0.6 is 0 Å². The highest BCUT2D eigenvalue weighted by molar-refractivity contribution is 5.82. The fourth-order valence-electron chi connectivity index (χ4n) is 1.57. The average Bonchev–Trinajstić information content (AvgIpc) is 2.53. The van der Waals surface area contributed by atoms with Gasteiger partial charge < -0.3 is 0 Å². The monoisotopic (exact) mass is 176 g/mol. The van der Waals surface area contributed by atoms with E-state index in [0.717, 1.165) is 13.1 Å². The summed E-state index contributed by atoms with van der Waals surface area (Å²) in [4.78, 5) is 17.1. The third kappa shape index (κ3) is 2.12. The molecule has 0 unspecified atom stereocenters. The molecule has 1 aromatic rings. The molecule has 0 aliphatic carbocycles. The second-order valence-electron chi connectivity index (χ2n) is 3.35. The molecular weight excluding hydrogens is 164 g/mol. The number of Topliss-reactive ketones (excluding diaryl/α,β-unsaturated/α-hetero) is 1. The number of nitrogens with zero attached hydrogens (tertiary/aromatic N) is 2. The lowest BCUT2D eigenvalue weighted by molar-refractivity contribution is -0.116.